The minimum Gasteiger partial charge on any atom is -0.228 e. The fraction of sp³-hybridized carbons (Fsp3) is 0.111. The maximum atomic E-state index is 8.40. The number of halogens is 1. The first kappa shape index (κ1) is 11.3. The number of aromatic nitrogens is 1. The van der Waals surface area contributed by atoms with Gasteiger partial charge in [-0.3, -0.25) is 0 Å². The second kappa shape index (κ2) is 5.21. The van der Waals surface area contributed by atoms with Crippen LogP contribution in [-0.4, -0.2) is 10.1 Å². The zero-order valence-corrected chi connectivity index (χ0v) is 11.5. The van der Waals surface area contributed by atoms with Crippen molar-refractivity contribution in [2.45, 2.75) is 4.34 Å². The van der Waals surface area contributed by atoms with Gasteiger partial charge in [0, 0.05) is 4.47 Å². The molecule has 15 heavy (non-hydrogen) atoms. The number of thiocyanates is 1. The number of thiazole rings is 1. The van der Waals surface area contributed by atoms with Gasteiger partial charge in [-0.15, -0.1) is 11.3 Å². The van der Waals surface area contributed by atoms with E-state index >= 15 is 0 Å². The van der Waals surface area contributed by atoms with E-state index in [9.17, 15) is 0 Å². The molecule has 2 nitrogen and oxygen atoms in total. The molecule has 0 saturated carbocycles. The van der Waals surface area contributed by atoms with Crippen LogP contribution in [0.15, 0.2) is 27.0 Å². The molecule has 0 atom stereocenters. The summed E-state index contributed by atoms with van der Waals surface area (Å²) in [5.41, 5.74) is 1.01. The van der Waals surface area contributed by atoms with Gasteiger partial charge in [0.2, 0.25) is 0 Å². The van der Waals surface area contributed by atoms with Crippen LogP contribution in [0.3, 0.4) is 0 Å². The Morgan fingerprint density at radius 1 is 1.53 bits per heavy atom. The third kappa shape index (κ3) is 2.67. The Kier molecular flexibility index (Phi) is 3.92. The summed E-state index contributed by atoms with van der Waals surface area (Å²) in [5.74, 6) is 0. The molecule has 0 spiro atoms. The second-order valence-corrected chi connectivity index (χ2v) is 6.80. The minimum absolute atomic E-state index is 0.730. The Morgan fingerprint density at radius 3 is 3.13 bits per heavy atom. The van der Waals surface area contributed by atoms with Crippen molar-refractivity contribution in [3.8, 4) is 5.40 Å². The minimum atomic E-state index is 0.730. The van der Waals surface area contributed by atoms with E-state index in [1.54, 1.807) is 23.1 Å². The first-order valence-electron chi connectivity index (χ1n) is 4.00. The molecule has 2 aromatic rings. The van der Waals surface area contributed by atoms with Gasteiger partial charge in [-0.1, -0.05) is 17.8 Å². The van der Waals surface area contributed by atoms with E-state index in [4.69, 9.17) is 5.26 Å². The Hall–Kier alpha value is -0.220. The van der Waals surface area contributed by atoms with Crippen molar-refractivity contribution in [1.82, 2.24) is 4.98 Å². The molecule has 1 heterocycles. The smallest absolute Gasteiger partial charge is 0.152 e. The molecule has 0 N–H and O–H groups in total. The predicted octanol–water partition coefficient (Wildman–Crippen LogP) is 4.32. The normalized spacial score (nSPS) is 10.4. The van der Waals surface area contributed by atoms with Crippen molar-refractivity contribution in [2.24, 2.45) is 0 Å². The SMILES string of the molecule is N#CSCSc1nc2c(Br)cccc2s1. The molecule has 2 rings (SSSR count). The Balaban J connectivity index is 2.24. The molecular formula is C9H5BrN2S3. The van der Waals surface area contributed by atoms with Crippen LogP contribution in [0.2, 0.25) is 0 Å². The van der Waals surface area contributed by atoms with E-state index in [0.29, 0.717) is 0 Å². The highest BCUT2D eigenvalue weighted by molar-refractivity contribution is 9.10. The lowest BCUT2D eigenvalue weighted by atomic mass is 10.3. The molecule has 0 amide bonds. The molecule has 0 fully saturated rings. The van der Waals surface area contributed by atoms with Crippen molar-refractivity contribution >= 4 is 61.0 Å². The summed E-state index contributed by atoms with van der Waals surface area (Å²) in [4.78, 5) is 4.50. The molecule has 0 aliphatic heterocycles. The molecule has 0 unspecified atom stereocenters. The van der Waals surface area contributed by atoms with E-state index in [1.165, 1.54) is 16.5 Å². The number of benzene rings is 1. The summed E-state index contributed by atoms with van der Waals surface area (Å²) in [7, 11) is 0. The summed E-state index contributed by atoms with van der Waals surface area (Å²) < 4.78 is 3.21. The molecule has 0 bridgehead atoms. The van der Waals surface area contributed by atoms with Crippen LogP contribution >= 0.6 is 50.8 Å². The van der Waals surface area contributed by atoms with Crippen molar-refractivity contribution < 1.29 is 0 Å². The second-order valence-electron chi connectivity index (χ2n) is 2.56. The van der Waals surface area contributed by atoms with E-state index in [-0.39, 0.29) is 0 Å². The van der Waals surface area contributed by atoms with Crippen molar-refractivity contribution in [2.75, 3.05) is 5.08 Å². The molecular weight excluding hydrogens is 312 g/mol. The lowest BCUT2D eigenvalue weighted by molar-refractivity contribution is 1.30. The maximum Gasteiger partial charge on any atom is 0.152 e. The number of rotatable bonds is 3. The van der Waals surface area contributed by atoms with Crippen LogP contribution in [0.25, 0.3) is 10.2 Å². The van der Waals surface area contributed by atoms with Gasteiger partial charge >= 0.3 is 0 Å². The topological polar surface area (TPSA) is 36.7 Å². The fourth-order valence-corrected chi connectivity index (χ4v) is 4.32. The highest BCUT2D eigenvalue weighted by atomic mass is 79.9. The van der Waals surface area contributed by atoms with Crippen molar-refractivity contribution in [1.29, 1.82) is 5.26 Å². The Labute approximate surface area is 108 Å². The molecule has 76 valence electrons. The first-order chi connectivity index (χ1) is 7.31. The summed E-state index contributed by atoms with van der Waals surface area (Å²) in [6.45, 7) is 0. The molecule has 0 saturated heterocycles. The summed E-state index contributed by atoms with van der Waals surface area (Å²) in [6, 6.07) is 6.04. The lowest BCUT2D eigenvalue weighted by Gasteiger charge is -1.89. The summed E-state index contributed by atoms with van der Waals surface area (Å²) in [5, 5.41) is 11.2. The van der Waals surface area contributed by atoms with Crippen LogP contribution < -0.4 is 0 Å². The van der Waals surface area contributed by atoms with Gasteiger partial charge < -0.3 is 0 Å². The van der Waals surface area contributed by atoms with Gasteiger partial charge in [-0.25, -0.2) is 4.98 Å². The largest absolute Gasteiger partial charge is 0.228 e. The van der Waals surface area contributed by atoms with Crippen LogP contribution in [0.4, 0.5) is 0 Å². The number of hydrogen-bond acceptors (Lipinski definition) is 5. The molecule has 1 aromatic carbocycles. The number of fused-ring (bicyclic) bond motifs is 1. The predicted molar refractivity (Wildman–Crippen MR) is 71.2 cm³/mol. The number of nitrogens with zero attached hydrogens (tertiary/aromatic N) is 2. The average molecular weight is 317 g/mol. The quantitative estimate of drug-likeness (QED) is 0.365. The number of thioether (sulfide) groups is 2. The van der Waals surface area contributed by atoms with Crippen LogP contribution in [-0.2, 0) is 0 Å². The fourth-order valence-electron chi connectivity index (χ4n) is 1.06. The van der Waals surface area contributed by atoms with E-state index < -0.39 is 0 Å². The van der Waals surface area contributed by atoms with Crippen molar-refractivity contribution in [3.05, 3.63) is 22.7 Å². The zero-order chi connectivity index (χ0) is 10.7. The highest BCUT2D eigenvalue weighted by Crippen LogP contribution is 2.34. The number of para-hydroxylation sites is 1. The van der Waals surface area contributed by atoms with Crippen LogP contribution in [0.1, 0.15) is 0 Å². The lowest BCUT2D eigenvalue weighted by Crippen LogP contribution is -1.71. The van der Waals surface area contributed by atoms with E-state index in [2.05, 4.69) is 27.0 Å². The van der Waals surface area contributed by atoms with Crippen molar-refractivity contribution in [3.63, 3.8) is 0 Å². The number of hydrogen-bond donors (Lipinski definition) is 0. The summed E-state index contributed by atoms with van der Waals surface area (Å²) in [6.07, 6.45) is 0. The first-order valence-corrected chi connectivity index (χ1v) is 7.58. The monoisotopic (exact) mass is 316 g/mol. The standard InChI is InChI=1S/C9H5BrN2S3/c10-6-2-1-3-7-8(6)12-9(15-7)14-5-13-4-11/h1-3H,5H2. The van der Waals surface area contributed by atoms with Gasteiger partial charge in [-0.05, 0) is 39.8 Å². The van der Waals surface area contributed by atoms with Crippen LogP contribution in [0.5, 0.6) is 0 Å². The third-order valence-electron chi connectivity index (χ3n) is 1.66. The maximum absolute atomic E-state index is 8.40. The number of nitriles is 1. The molecule has 1 aromatic heterocycles. The summed E-state index contributed by atoms with van der Waals surface area (Å²) >= 11 is 7.98. The molecule has 0 radical (unpaired) electrons. The Morgan fingerprint density at radius 2 is 2.40 bits per heavy atom. The zero-order valence-electron chi connectivity index (χ0n) is 7.44. The third-order valence-corrected chi connectivity index (χ3v) is 5.12. The molecule has 0 aliphatic carbocycles. The molecule has 6 heteroatoms. The van der Waals surface area contributed by atoms with Gasteiger partial charge in [0.25, 0.3) is 0 Å². The Bertz CT molecular complexity index is 518. The van der Waals surface area contributed by atoms with E-state index in [0.717, 1.165) is 19.4 Å². The van der Waals surface area contributed by atoms with Gasteiger partial charge in [0.1, 0.15) is 5.40 Å². The molecule has 0 aliphatic rings. The van der Waals surface area contributed by atoms with Gasteiger partial charge in [0.05, 0.1) is 15.3 Å². The van der Waals surface area contributed by atoms with Crippen LogP contribution in [0, 0.1) is 10.7 Å². The van der Waals surface area contributed by atoms with Gasteiger partial charge in [0.15, 0.2) is 4.34 Å². The average Bonchev–Trinajstić information content (AvgIpc) is 2.63. The van der Waals surface area contributed by atoms with E-state index in [1.807, 2.05) is 17.5 Å². The van der Waals surface area contributed by atoms with Gasteiger partial charge in [-0.2, -0.15) is 5.26 Å². The highest BCUT2D eigenvalue weighted by Gasteiger charge is 2.06.